The fourth-order valence-electron chi connectivity index (χ4n) is 3.81. The van der Waals surface area contributed by atoms with Crippen LogP contribution < -0.4 is 0 Å². The molecule has 1 saturated heterocycles. The molecule has 2 aromatic heterocycles. The number of hydrogen-bond acceptors (Lipinski definition) is 3. The number of aromatic nitrogens is 3. The molecule has 1 saturated carbocycles. The van der Waals surface area contributed by atoms with E-state index in [1.54, 1.807) is 12.4 Å². The maximum absolute atomic E-state index is 13.5. The summed E-state index contributed by atoms with van der Waals surface area (Å²) in [5, 5.41) is 0. The number of halogens is 2. The van der Waals surface area contributed by atoms with Crippen molar-refractivity contribution in [3.63, 3.8) is 0 Å². The Labute approximate surface area is 138 Å². The Kier molecular flexibility index (Phi) is 3.73. The maximum atomic E-state index is 13.5. The number of alkyl halides is 2. The van der Waals surface area contributed by atoms with Crippen molar-refractivity contribution in [1.29, 1.82) is 0 Å². The lowest BCUT2D eigenvalue weighted by molar-refractivity contribution is -0.0560. The Hall–Kier alpha value is -2.05. The van der Waals surface area contributed by atoms with Crippen LogP contribution in [0.4, 0.5) is 8.78 Å². The van der Waals surface area contributed by atoms with E-state index in [0.717, 1.165) is 18.5 Å². The van der Waals surface area contributed by atoms with Gasteiger partial charge < -0.3 is 9.47 Å². The van der Waals surface area contributed by atoms with Gasteiger partial charge in [0.2, 0.25) is 0 Å². The van der Waals surface area contributed by atoms with Gasteiger partial charge in [0.05, 0.1) is 18.4 Å². The molecule has 1 aliphatic carbocycles. The molecule has 0 N–H and O–H groups in total. The number of fused-ring (bicyclic) bond motifs is 1. The molecule has 7 heteroatoms. The number of rotatable bonds is 2. The lowest BCUT2D eigenvalue weighted by atomic mass is 10.1. The van der Waals surface area contributed by atoms with Gasteiger partial charge in [0, 0.05) is 25.2 Å². The first-order valence-electron chi connectivity index (χ1n) is 8.53. The third kappa shape index (κ3) is 2.76. The number of likely N-dealkylation sites (tertiary alicyclic amines) is 1. The Morgan fingerprint density at radius 1 is 1.21 bits per heavy atom. The Bertz CT molecular complexity index is 767. The van der Waals surface area contributed by atoms with Crippen molar-refractivity contribution in [2.75, 3.05) is 13.1 Å². The Balaban J connectivity index is 1.60. The summed E-state index contributed by atoms with van der Waals surface area (Å²) in [5.41, 5.74) is 1.75. The number of imidazole rings is 1. The zero-order valence-corrected chi connectivity index (χ0v) is 13.4. The zero-order valence-electron chi connectivity index (χ0n) is 13.4. The molecule has 0 aromatic carbocycles. The van der Waals surface area contributed by atoms with Crippen LogP contribution in [0.5, 0.6) is 0 Å². The zero-order chi connectivity index (χ0) is 16.7. The van der Waals surface area contributed by atoms with Crippen molar-refractivity contribution in [2.45, 2.75) is 50.5 Å². The van der Waals surface area contributed by atoms with E-state index in [0.29, 0.717) is 30.1 Å². The summed E-state index contributed by atoms with van der Waals surface area (Å²) in [7, 11) is 0. The molecular formula is C17H20F2N4O. The quantitative estimate of drug-likeness (QED) is 0.845. The van der Waals surface area contributed by atoms with Gasteiger partial charge in [-0.3, -0.25) is 4.79 Å². The second-order valence-electron chi connectivity index (χ2n) is 6.84. The molecule has 1 aliphatic heterocycles. The van der Waals surface area contributed by atoms with E-state index in [9.17, 15) is 13.6 Å². The van der Waals surface area contributed by atoms with Crippen LogP contribution in [-0.4, -0.2) is 44.4 Å². The average molecular weight is 334 g/mol. The van der Waals surface area contributed by atoms with Crippen LogP contribution in [0.15, 0.2) is 18.6 Å². The third-order valence-corrected chi connectivity index (χ3v) is 5.06. The SMILES string of the molecule is O=C(c1cnc2c(c1)ncn2C1CCCC1)N1CCCC(F)(F)C1. The number of carbonyl (C=O) groups excluding carboxylic acids is 1. The van der Waals surface area contributed by atoms with Gasteiger partial charge in [-0.05, 0) is 25.3 Å². The summed E-state index contributed by atoms with van der Waals surface area (Å²) < 4.78 is 29.1. The minimum absolute atomic E-state index is 0.153. The van der Waals surface area contributed by atoms with E-state index in [1.165, 1.54) is 23.9 Å². The molecule has 0 bridgehead atoms. The van der Waals surface area contributed by atoms with Gasteiger partial charge in [0.15, 0.2) is 5.65 Å². The lowest BCUT2D eigenvalue weighted by Gasteiger charge is -2.32. The molecule has 2 aliphatic rings. The second-order valence-corrected chi connectivity index (χ2v) is 6.84. The smallest absolute Gasteiger partial charge is 0.265 e. The first kappa shape index (κ1) is 15.5. The van der Waals surface area contributed by atoms with Crippen LogP contribution in [-0.2, 0) is 0 Å². The third-order valence-electron chi connectivity index (χ3n) is 5.06. The molecule has 0 unspecified atom stereocenters. The van der Waals surface area contributed by atoms with Crippen molar-refractivity contribution in [3.8, 4) is 0 Å². The summed E-state index contributed by atoms with van der Waals surface area (Å²) in [6, 6.07) is 2.09. The molecule has 24 heavy (non-hydrogen) atoms. The van der Waals surface area contributed by atoms with Gasteiger partial charge in [-0.15, -0.1) is 0 Å². The normalized spacial score (nSPS) is 21.5. The predicted molar refractivity (Wildman–Crippen MR) is 85.1 cm³/mol. The first-order valence-corrected chi connectivity index (χ1v) is 8.53. The number of amides is 1. The van der Waals surface area contributed by atoms with E-state index in [-0.39, 0.29) is 12.3 Å². The summed E-state index contributed by atoms with van der Waals surface area (Å²) in [6.07, 6.45) is 8.10. The van der Waals surface area contributed by atoms with E-state index in [1.807, 2.05) is 0 Å². The van der Waals surface area contributed by atoms with Crippen molar-refractivity contribution in [2.24, 2.45) is 0 Å². The average Bonchev–Trinajstić information content (AvgIpc) is 3.21. The molecule has 3 heterocycles. The number of carbonyl (C=O) groups is 1. The topological polar surface area (TPSA) is 51.0 Å². The molecule has 128 valence electrons. The largest absolute Gasteiger partial charge is 0.333 e. The highest BCUT2D eigenvalue weighted by molar-refractivity contribution is 5.96. The Morgan fingerprint density at radius 3 is 2.75 bits per heavy atom. The molecule has 2 fully saturated rings. The molecule has 5 nitrogen and oxygen atoms in total. The highest BCUT2D eigenvalue weighted by Crippen LogP contribution is 2.32. The van der Waals surface area contributed by atoms with Crippen LogP contribution in [0.25, 0.3) is 11.2 Å². The fourth-order valence-corrected chi connectivity index (χ4v) is 3.81. The standard InChI is InChI=1S/C17H20F2N4O/c18-17(19)6-3-7-22(10-17)16(24)12-8-14-15(20-9-12)23(11-21-14)13-4-1-2-5-13/h8-9,11,13H,1-7,10H2. The van der Waals surface area contributed by atoms with Crippen LogP contribution in [0, 0.1) is 0 Å². The second kappa shape index (κ2) is 5.79. The molecule has 0 radical (unpaired) electrons. The molecule has 1 amide bonds. The summed E-state index contributed by atoms with van der Waals surface area (Å²) >= 11 is 0. The lowest BCUT2D eigenvalue weighted by Crippen LogP contribution is -2.45. The first-order chi connectivity index (χ1) is 11.5. The van der Waals surface area contributed by atoms with E-state index in [4.69, 9.17) is 0 Å². The van der Waals surface area contributed by atoms with E-state index in [2.05, 4.69) is 14.5 Å². The minimum atomic E-state index is -2.80. The van der Waals surface area contributed by atoms with Gasteiger partial charge in [0.25, 0.3) is 11.8 Å². The number of hydrogen-bond donors (Lipinski definition) is 0. The maximum Gasteiger partial charge on any atom is 0.265 e. The van der Waals surface area contributed by atoms with Crippen molar-refractivity contribution in [3.05, 3.63) is 24.2 Å². The summed E-state index contributed by atoms with van der Waals surface area (Å²) in [4.78, 5) is 22.5. The molecular weight excluding hydrogens is 314 g/mol. The molecule has 0 spiro atoms. The van der Waals surface area contributed by atoms with Crippen molar-refractivity contribution in [1.82, 2.24) is 19.4 Å². The summed E-state index contributed by atoms with van der Waals surface area (Å²) in [5.74, 6) is -3.19. The fraction of sp³-hybridized carbons (Fsp3) is 0.588. The highest BCUT2D eigenvalue weighted by atomic mass is 19.3. The van der Waals surface area contributed by atoms with Crippen LogP contribution in [0.2, 0.25) is 0 Å². The van der Waals surface area contributed by atoms with E-state index >= 15 is 0 Å². The van der Waals surface area contributed by atoms with Gasteiger partial charge in [-0.25, -0.2) is 18.7 Å². The van der Waals surface area contributed by atoms with Crippen molar-refractivity contribution >= 4 is 17.1 Å². The monoisotopic (exact) mass is 334 g/mol. The molecule has 4 rings (SSSR count). The number of piperidine rings is 1. The predicted octanol–water partition coefficient (Wildman–Crippen LogP) is 3.42. The summed E-state index contributed by atoms with van der Waals surface area (Å²) in [6.45, 7) is -0.149. The number of nitrogens with zero attached hydrogens (tertiary/aromatic N) is 4. The minimum Gasteiger partial charge on any atom is -0.333 e. The van der Waals surface area contributed by atoms with Crippen LogP contribution in [0.3, 0.4) is 0 Å². The highest BCUT2D eigenvalue weighted by Gasteiger charge is 2.37. The van der Waals surface area contributed by atoms with Gasteiger partial charge in [0.1, 0.15) is 5.52 Å². The molecule has 0 atom stereocenters. The van der Waals surface area contributed by atoms with E-state index < -0.39 is 12.5 Å². The van der Waals surface area contributed by atoms with Gasteiger partial charge >= 0.3 is 0 Å². The Morgan fingerprint density at radius 2 is 2.00 bits per heavy atom. The molecule has 2 aromatic rings. The van der Waals surface area contributed by atoms with Crippen LogP contribution in [0.1, 0.15) is 54.9 Å². The van der Waals surface area contributed by atoms with Crippen LogP contribution >= 0.6 is 0 Å². The number of pyridine rings is 1. The van der Waals surface area contributed by atoms with Gasteiger partial charge in [-0.2, -0.15) is 0 Å². The van der Waals surface area contributed by atoms with Crippen molar-refractivity contribution < 1.29 is 13.6 Å². The van der Waals surface area contributed by atoms with Gasteiger partial charge in [-0.1, -0.05) is 12.8 Å².